The summed E-state index contributed by atoms with van der Waals surface area (Å²) in [4.78, 5) is 12.2. The molecule has 0 spiro atoms. The Balaban J connectivity index is 1.80. The number of carbonyl (C=O) groups is 1. The van der Waals surface area contributed by atoms with Gasteiger partial charge in [0.05, 0.1) is 11.9 Å². The van der Waals surface area contributed by atoms with Crippen LogP contribution >= 0.6 is 11.8 Å². The molecule has 2 N–H and O–H groups in total. The number of hydrogen-bond donors (Lipinski definition) is 2. The van der Waals surface area contributed by atoms with Gasteiger partial charge in [-0.2, -0.15) is 22.0 Å². The lowest BCUT2D eigenvalue weighted by atomic mass is 10.0. The fraction of sp³-hybridized carbons (Fsp3) is 0.462. The van der Waals surface area contributed by atoms with Crippen molar-refractivity contribution in [1.29, 1.82) is 0 Å². The average molecular weight is 307 g/mol. The fourth-order valence-corrected chi connectivity index (χ4v) is 3.48. The van der Waals surface area contributed by atoms with Crippen LogP contribution in [0.4, 0.5) is 5.82 Å². The highest BCUT2D eigenvalue weighted by Crippen LogP contribution is 2.29. The molecule has 1 aliphatic heterocycles. The van der Waals surface area contributed by atoms with Crippen molar-refractivity contribution in [1.82, 2.24) is 19.6 Å². The van der Waals surface area contributed by atoms with Crippen molar-refractivity contribution in [3.05, 3.63) is 18.5 Å². The molecule has 1 amide bonds. The van der Waals surface area contributed by atoms with Crippen molar-refractivity contribution < 1.29 is 9.90 Å². The van der Waals surface area contributed by atoms with Gasteiger partial charge in [-0.25, -0.2) is 0 Å². The Kier molecular flexibility index (Phi) is 3.50. The molecule has 3 rings (SSSR count). The van der Waals surface area contributed by atoms with Gasteiger partial charge in [0.1, 0.15) is 5.82 Å². The zero-order chi connectivity index (χ0) is 15.0. The first-order valence-electron chi connectivity index (χ1n) is 6.62. The van der Waals surface area contributed by atoms with E-state index in [9.17, 15) is 9.90 Å². The van der Waals surface area contributed by atoms with Gasteiger partial charge in [-0.15, -0.1) is 0 Å². The van der Waals surface area contributed by atoms with Crippen LogP contribution in [0.1, 0.15) is 6.42 Å². The molecule has 2 aromatic rings. The van der Waals surface area contributed by atoms with Crippen LogP contribution in [0, 0.1) is 0 Å². The third-order valence-electron chi connectivity index (χ3n) is 3.55. The van der Waals surface area contributed by atoms with Crippen molar-refractivity contribution in [2.24, 2.45) is 14.1 Å². The first-order valence-corrected chi connectivity index (χ1v) is 7.78. The molecular formula is C13H17N5O2S. The molecule has 1 fully saturated rings. The van der Waals surface area contributed by atoms with Gasteiger partial charge in [-0.05, 0) is 12.2 Å². The van der Waals surface area contributed by atoms with E-state index in [2.05, 4.69) is 15.5 Å². The van der Waals surface area contributed by atoms with Gasteiger partial charge in [-0.1, -0.05) is 0 Å². The van der Waals surface area contributed by atoms with Crippen molar-refractivity contribution in [2.45, 2.75) is 12.0 Å². The standard InChI is InChI=1S/C13H17N5O2S/c1-17-7-9(6-14-17)10-5-11(18(2)16-10)15-12(19)13(20)3-4-21-8-13/h5-7,20H,3-4,8H2,1-2H3,(H,15,19). The second-order valence-electron chi connectivity index (χ2n) is 5.23. The normalized spacial score (nSPS) is 21.7. The zero-order valence-electron chi connectivity index (χ0n) is 11.9. The lowest BCUT2D eigenvalue weighted by Crippen LogP contribution is -2.43. The zero-order valence-corrected chi connectivity index (χ0v) is 12.7. The van der Waals surface area contributed by atoms with Gasteiger partial charge in [-0.3, -0.25) is 14.2 Å². The van der Waals surface area contributed by atoms with Gasteiger partial charge < -0.3 is 10.4 Å². The third kappa shape index (κ3) is 2.68. The molecule has 3 heterocycles. The number of aryl methyl sites for hydroxylation is 2. The smallest absolute Gasteiger partial charge is 0.258 e. The summed E-state index contributed by atoms with van der Waals surface area (Å²) in [6, 6.07) is 1.78. The van der Waals surface area contributed by atoms with Crippen LogP contribution < -0.4 is 5.32 Å². The summed E-state index contributed by atoms with van der Waals surface area (Å²) in [7, 11) is 3.59. The maximum Gasteiger partial charge on any atom is 0.258 e. The highest BCUT2D eigenvalue weighted by atomic mass is 32.2. The quantitative estimate of drug-likeness (QED) is 0.868. The number of aromatic nitrogens is 4. The summed E-state index contributed by atoms with van der Waals surface area (Å²) in [6.07, 6.45) is 4.06. The maximum absolute atomic E-state index is 12.2. The van der Waals surface area contributed by atoms with Crippen LogP contribution in [-0.2, 0) is 18.9 Å². The SMILES string of the molecule is Cn1cc(-c2cc(NC(=O)C3(O)CCSC3)n(C)n2)cn1. The Morgan fingerprint density at radius 1 is 1.52 bits per heavy atom. The van der Waals surface area contributed by atoms with Crippen LogP contribution in [-0.4, -0.2) is 47.7 Å². The predicted octanol–water partition coefficient (Wildman–Crippen LogP) is 0.627. The summed E-state index contributed by atoms with van der Waals surface area (Å²) >= 11 is 1.58. The number of rotatable bonds is 3. The average Bonchev–Trinajstić information content (AvgIpc) is 3.13. The van der Waals surface area contributed by atoms with Crippen molar-refractivity contribution in [3.63, 3.8) is 0 Å². The summed E-state index contributed by atoms with van der Waals surface area (Å²) in [5.41, 5.74) is 0.334. The minimum absolute atomic E-state index is 0.367. The molecule has 1 aliphatic rings. The van der Waals surface area contributed by atoms with Crippen LogP contribution in [0.5, 0.6) is 0 Å². The topological polar surface area (TPSA) is 85.0 Å². The number of carbonyl (C=O) groups excluding carboxylic acids is 1. The number of aliphatic hydroxyl groups is 1. The van der Waals surface area contributed by atoms with Crippen molar-refractivity contribution >= 4 is 23.5 Å². The van der Waals surface area contributed by atoms with Crippen molar-refractivity contribution in [3.8, 4) is 11.3 Å². The molecular weight excluding hydrogens is 290 g/mol. The van der Waals surface area contributed by atoms with E-state index >= 15 is 0 Å². The summed E-state index contributed by atoms with van der Waals surface area (Å²) < 4.78 is 3.28. The maximum atomic E-state index is 12.2. The van der Waals surface area contributed by atoms with Crippen LogP contribution in [0.15, 0.2) is 18.5 Å². The molecule has 112 valence electrons. The van der Waals surface area contributed by atoms with Gasteiger partial charge in [0, 0.05) is 37.7 Å². The number of hydrogen-bond acceptors (Lipinski definition) is 5. The minimum atomic E-state index is -1.27. The van der Waals surface area contributed by atoms with Crippen LogP contribution in [0.25, 0.3) is 11.3 Å². The molecule has 7 nitrogen and oxygen atoms in total. The number of nitrogens with one attached hydrogen (secondary N) is 1. The number of nitrogens with zero attached hydrogens (tertiary/aromatic N) is 4. The summed E-state index contributed by atoms with van der Waals surface area (Å²) in [6.45, 7) is 0. The third-order valence-corrected chi connectivity index (χ3v) is 4.72. The van der Waals surface area contributed by atoms with E-state index < -0.39 is 5.60 Å². The molecule has 0 bridgehead atoms. The monoisotopic (exact) mass is 307 g/mol. The van der Waals surface area contributed by atoms with E-state index in [1.54, 1.807) is 40.4 Å². The molecule has 0 saturated carbocycles. The Labute approximate surface area is 126 Å². The Hall–Kier alpha value is -1.80. The summed E-state index contributed by atoms with van der Waals surface area (Å²) in [5, 5.41) is 21.5. The lowest BCUT2D eigenvalue weighted by Gasteiger charge is -2.19. The minimum Gasteiger partial charge on any atom is -0.379 e. The Morgan fingerprint density at radius 2 is 2.33 bits per heavy atom. The van der Waals surface area contributed by atoms with Crippen LogP contribution in [0.2, 0.25) is 0 Å². The largest absolute Gasteiger partial charge is 0.379 e. The second-order valence-corrected chi connectivity index (χ2v) is 6.33. The molecule has 1 unspecified atom stereocenters. The number of thioether (sulfide) groups is 1. The fourth-order valence-electron chi connectivity index (χ4n) is 2.24. The molecule has 2 aromatic heterocycles. The van der Waals surface area contributed by atoms with Crippen molar-refractivity contribution in [2.75, 3.05) is 16.8 Å². The Bertz CT molecular complexity index is 672. The van der Waals surface area contributed by atoms with Gasteiger partial charge in [0.25, 0.3) is 5.91 Å². The number of anilines is 1. The highest BCUT2D eigenvalue weighted by Gasteiger charge is 2.39. The van der Waals surface area contributed by atoms with Gasteiger partial charge in [0.2, 0.25) is 0 Å². The van der Waals surface area contributed by atoms with E-state index in [0.717, 1.165) is 17.0 Å². The molecule has 1 saturated heterocycles. The van der Waals surface area contributed by atoms with E-state index in [0.29, 0.717) is 18.0 Å². The lowest BCUT2D eigenvalue weighted by molar-refractivity contribution is -0.131. The molecule has 0 radical (unpaired) electrons. The summed E-state index contributed by atoms with van der Waals surface area (Å²) in [5.74, 6) is 1.43. The number of amides is 1. The first kappa shape index (κ1) is 14.2. The molecule has 0 aliphatic carbocycles. The van der Waals surface area contributed by atoms with Gasteiger partial charge >= 0.3 is 0 Å². The molecule has 21 heavy (non-hydrogen) atoms. The van der Waals surface area contributed by atoms with E-state index in [-0.39, 0.29) is 5.91 Å². The predicted molar refractivity (Wildman–Crippen MR) is 80.9 cm³/mol. The first-order chi connectivity index (χ1) is 9.98. The molecule has 0 aromatic carbocycles. The molecule has 8 heteroatoms. The van der Waals surface area contributed by atoms with E-state index in [4.69, 9.17) is 0 Å². The second kappa shape index (κ2) is 5.19. The Morgan fingerprint density at radius 3 is 2.95 bits per heavy atom. The highest BCUT2D eigenvalue weighted by molar-refractivity contribution is 7.99. The van der Waals surface area contributed by atoms with Gasteiger partial charge in [0.15, 0.2) is 5.60 Å². The van der Waals surface area contributed by atoms with Crippen LogP contribution in [0.3, 0.4) is 0 Å². The van der Waals surface area contributed by atoms with E-state index in [1.165, 1.54) is 0 Å². The van der Waals surface area contributed by atoms with E-state index in [1.807, 2.05) is 13.2 Å². The molecule has 1 atom stereocenters.